The smallest absolute Gasteiger partial charge is 0.316 e. The summed E-state index contributed by atoms with van der Waals surface area (Å²) in [5.74, 6) is -1.69. The fraction of sp³-hybridized carbons (Fsp3) is 0.308. The molecular weight excluding hydrogens is 420 g/mol. The summed E-state index contributed by atoms with van der Waals surface area (Å²) in [6.45, 7) is 0.784. The molecule has 0 N–H and O–H groups in total. The van der Waals surface area contributed by atoms with Gasteiger partial charge in [-0.25, -0.2) is 0 Å². The van der Waals surface area contributed by atoms with Gasteiger partial charge in [-0.05, 0) is 42.7 Å². The Balaban J connectivity index is 1.21. The van der Waals surface area contributed by atoms with Gasteiger partial charge in [-0.1, -0.05) is 42.5 Å². The van der Waals surface area contributed by atoms with Gasteiger partial charge in [0.05, 0.1) is 23.4 Å². The van der Waals surface area contributed by atoms with Crippen LogP contribution in [0, 0.1) is 17.8 Å². The summed E-state index contributed by atoms with van der Waals surface area (Å²) >= 11 is 0. The van der Waals surface area contributed by atoms with Crippen molar-refractivity contribution >= 4 is 29.4 Å². The molecule has 0 spiro atoms. The zero-order valence-electron chi connectivity index (χ0n) is 18.1. The molecule has 2 heterocycles. The third kappa shape index (κ3) is 4.06. The molecule has 3 atom stereocenters. The van der Waals surface area contributed by atoms with Crippen molar-refractivity contribution in [2.75, 3.05) is 11.4 Å². The Bertz CT molecular complexity index is 1100. The number of imide groups is 1. The number of allylic oxidation sites excluding steroid dienone is 2. The van der Waals surface area contributed by atoms with Crippen LogP contribution in [0.4, 0.5) is 5.69 Å². The number of hydrogen-bond donors (Lipinski definition) is 0. The number of benzene rings is 2. The highest BCUT2D eigenvalue weighted by molar-refractivity contribution is 6.22. The van der Waals surface area contributed by atoms with Gasteiger partial charge in [-0.2, -0.15) is 0 Å². The van der Waals surface area contributed by atoms with Gasteiger partial charge in [0.2, 0.25) is 17.7 Å². The number of fused-ring (bicyclic) bond motifs is 1. The van der Waals surface area contributed by atoms with Gasteiger partial charge < -0.3 is 9.64 Å². The zero-order valence-corrected chi connectivity index (χ0v) is 18.1. The molecule has 2 aromatic rings. The van der Waals surface area contributed by atoms with E-state index in [4.69, 9.17) is 4.74 Å². The van der Waals surface area contributed by atoms with E-state index in [9.17, 15) is 19.2 Å². The summed E-state index contributed by atoms with van der Waals surface area (Å²) < 4.78 is 5.49. The Hall–Kier alpha value is -3.74. The van der Waals surface area contributed by atoms with Crippen molar-refractivity contribution in [1.29, 1.82) is 0 Å². The van der Waals surface area contributed by atoms with Gasteiger partial charge >= 0.3 is 5.97 Å². The molecule has 3 amide bonds. The molecule has 5 rings (SSSR count). The average Bonchev–Trinajstić information content (AvgIpc) is 3.32. The van der Waals surface area contributed by atoms with E-state index in [2.05, 4.69) is 0 Å². The maximum Gasteiger partial charge on any atom is 0.316 e. The molecule has 2 saturated heterocycles. The first kappa shape index (κ1) is 21.1. The molecule has 0 aromatic heterocycles. The van der Waals surface area contributed by atoms with Gasteiger partial charge in [-0.3, -0.25) is 24.1 Å². The second-order valence-corrected chi connectivity index (χ2v) is 8.74. The minimum Gasteiger partial charge on any atom is -0.426 e. The van der Waals surface area contributed by atoms with E-state index in [0.717, 1.165) is 5.56 Å². The van der Waals surface area contributed by atoms with E-state index in [1.54, 1.807) is 29.2 Å². The number of carbonyl (C=O) groups excluding carboxylic acids is 4. The lowest BCUT2D eigenvalue weighted by molar-refractivity contribution is -0.139. The Kier molecular flexibility index (Phi) is 5.54. The number of ether oxygens (including phenoxy) is 1. The number of anilines is 1. The van der Waals surface area contributed by atoms with E-state index >= 15 is 0 Å². The molecule has 7 heteroatoms. The first-order valence-electron chi connectivity index (χ1n) is 11.2. The van der Waals surface area contributed by atoms with Gasteiger partial charge in [0, 0.05) is 19.5 Å². The predicted molar refractivity (Wildman–Crippen MR) is 120 cm³/mol. The summed E-state index contributed by atoms with van der Waals surface area (Å²) in [7, 11) is 0. The van der Waals surface area contributed by atoms with Crippen LogP contribution in [0.2, 0.25) is 0 Å². The summed E-state index contributed by atoms with van der Waals surface area (Å²) in [5.41, 5.74) is 1.49. The molecular formula is C26H24N2O5. The van der Waals surface area contributed by atoms with E-state index in [-0.39, 0.29) is 36.0 Å². The Morgan fingerprint density at radius 2 is 1.52 bits per heavy atom. The molecule has 1 aliphatic carbocycles. The van der Waals surface area contributed by atoms with Crippen LogP contribution in [0.5, 0.6) is 5.75 Å². The Morgan fingerprint density at radius 3 is 2.15 bits per heavy atom. The summed E-state index contributed by atoms with van der Waals surface area (Å²) in [5, 5.41) is 0. The van der Waals surface area contributed by atoms with E-state index in [1.165, 1.54) is 4.90 Å². The van der Waals surface area contributed by atoms with Crippen molar-refractivity contribution in [2.24, 2.45) is 17.8 Å². The normalized spacial score (nSPS) is 24.4. The van der Waals surface area contributed by atoms with E-state index < -0.39 is 11.9 Å². The molecule has 7 nitrogen and oxygen atoms in total. The first-order valence-corrected chi connectivity index (χ1v) is 11.2. The van der Waals surface area contributed by atoms with Crippen LogP contribution < -0.4 is 9.64 Å². The van der Waals surface area contributed by atoms with E-state index in [1.807, 2.05) is 42.5 Å². The van der Waals surface area contributed by atoms with Crippen molar-refractivity contribution in [1.82, 2.24) is 4.90 Å². The first-order chi connectivity index (χ1) is 16.0. The quantitative estimate of drug-likeness (QED) is 0.306. The molecule has 168 valence electrons. The number of likely N-dealkylation sites (tertiary alicyclic amines) is 1. The zero-order chi connectivity index (χ0) is 22.9. The molecule has 2 fully saturated rings. The Labute approximate surface area is 191 Å². The maximum atomic E-state index is 12.7. The third-order valence-corrected chi connectivity index (χ3v) is 6.59. The van der Waals surface area contributed by atoms with Crippen LogP contribution in [0.15, 0.2) is 66.7 Å². The van der Waals surface area contributed by atoms with Crippen LogP contribution in [-0.4, -0.2) is 35.1 Å². The summed E-state index contributed by atoms with van der Waals surface area (Å²) in [6, 6.07) is 16.0. The lowest BCUT2D eigenvalue weighted by Gasteiger charge is -2.17. The van der Waals surface area contributed by atoms with Crippen molar-refractivity contribution in [2.45, 2.75) is 25.8 Å². The molecule has 0 radical (unpaired) electrons. The standard InChI is InChI=1S/C26H24N2O5/c29-23-14-18(16-27(23)15-17-6-2-1-3-7-17)26(32)33-20-12-10-19(11-13-20)28-24(30)21-8-4-5-9-22(21)25(28)31/h1-7,10-13,18,21-22H,8-9,14-16H2/t18-,21-,22+/m0/s1. The third-order valence-electron chi connectivity index (χ3n) is 6.59. The van der Waals surface area contributed by atoms with Crippen LogP contribution in [0.1, 0.15) is 24.8 Å². The minimum absolute atomic E-state index is 0.0711. The minimum atomic E-state index is -0.529. The molecule has 0 unspecified atom stereocenters. The molecule has 33 heavy (non-hydrogen) atoms. The van der Waals surface area contributed by atoms with Gasteiger partial charge in [0.25, 0.3) is 0 Å². The van der Waals surface area contributed by atoms with Crippen molar-refractivity contribution in [3.05, 3.63) is 72.3 Å². The van der Waals surface area contributed by atoms with Crippen LogP contribution in [0.3, 0.4) is 0 Å². The molecule has 0 saturated carbocycles. The van der Waals surface area contributed by atoms with Crippen LogP contribution >= 0.6 is 0 Å². The molecule has 3 aliphatic rings. The fourth-order valence-corrected chi connectivity index (χ4v) is 4.80. The second-order valence-electron chi connectivity index (χ2n) is 8.74. The number of amides is 3. The average molecular weight is 444 g/mol. The number of esters is 1. The lowest BCUT2D eigenvalue weighted by atomic mass is 9.85. The topological polar surface area (TPSA) is 84.0 Å². The number of rotatable bonds is 5. The summed E-state index contributed by atoms with van der Waals surface area (Å²) in [4.78, 5) is 53.4. The van der Waals surface area contributed by atoms with Crippen molar-refractivity contribution in [3.63, 3.8) is 0 Å². The predicted octanol–water partition coefficient (Wildman–Crippen LogP) is 3.10. The molecule has 0 bridgehead atoms. The SMILES string of the molecule is O=C(Oc1ccc(N2C(=O)[C@H]3CC=CC[C@H]3C2=O)cc1)[C@H]1CC(=O)N(Cc2ccccc2)C1. The summed E-state index contributed by atoms with van der Waals surface area (Å²) in [6.07, 6.45) is 5.20. The highest BCUT2D eigenvalue weighted by Crippen LogP contribution is 2.38. The molecule has 2 aliphatic heterocycles. The highest BCUT2D eigenvalue weighted by Gasteiger charge is 2.47. The monoisotopic (exact) mass is 444 g/mol. The van der Waals surface area contributed by atoms with Gasteiger partial charge in [-0.15, -0.1) is 0 Å². The van der Waals surface area contributed by atoms with Gasteiger partial charge in [0.15, 0.2) is 0 Å². The number of hydrogen-bond acceptors (Lipinski definition) is 5. The second kappa shape index (κ2) is 8.65. The highest BCUT2D eigenvalue weighted by atomic mass is 16.5. The fourth-order valence-electron chi connectivity index (χ4n) is 4.80. The molecule has 2 aromatic carbocycles. The number of carbonyl (C=O) groups is 4. The lowest BCUT2D eigenvalue weighted by Crippen LogP contribution is -2.30. The van der Waals surface area contributed by atoms with E-state index in [0.29, 0.717) is 37.4 Å². The maximum absolute atomic E-state index is 12.7. The number of nitrogens with zero attached hydrogens (tertiary/aromatic N) is 2. The van der Waals surface area contributed by atoms with Crippen LogP contribution in [-0.2, 0) is 25.7 Å². The van der Waals surface area contributed by atoms with Crippen molar-refractivity contribution in [3.8, 4) is 5.75 Å². The Morgan fingerprint density at radius 1 is 0.879 bits per heavy atom. The largest absolute Gasteiger partial charge is 0.426 e. The van der Waals surface area contributed by atoms with Gasteiger partial charge in [0.1, 0.15) is 5.75 Å². The van der Waals surface area contributed by atoms with Crippen LogP contribution in [0.25, 0.3) is 0 Å². The van der Waals surface area contributed by atoms with Crippen molar-refractivity contribution < 1.29 is 23.9 Å².